The molecule has 0 spiro atoms. The second kappa shape index (κ2) is 2.34. The van der Waals surface area contributed by atoms with Gasteiger partial charge in [0.2, 0.25) is 5.91 Å². The summed E-state index contributed by atoms with van der Waals surface area (Å²) in [7, 11) is 0. The maximum absolute atomic E-state index is 11.1. The van der Waals surface area contributed by atoms with Crippen molar-refractivity contribution in [3.8, 4) is 0 Å². The maximum atomic E-state index is 11.1. The van der Waals surface area contributed by atoms with Crippen molar-refractivity contribution in [2.24, 2.45) is 0 Å². The van der Waals surface area contributed by atoms with Crippen LogP contribution in [-0.2, 0) is 9.59 Å². The molecule has 0 atom stereocenters. The molecule has 1 fully saturated rings. The van der Waals surface area contributed by atoms with Gasteiger partial charge >= 0.3 is 6.03 Å². The molecule has 2 heterocycles. The van der Waals surface area contributed by atoms with E-state index in [0.29, 0.717) is 0 Å². The highest BCUT2D eigenvalue weighted by Gasteiger charge is 2.39. The molecule has 2 rings (SSSR count). The Bertz CT molecular complexity index is 323. The van der Waals surface area contributed by atoms with E-state index < -0.39 is 11.9 Å². The smallest absolute Gasteiger partial charge is 0.273 e. The Morgan fingerprint density at radius 1 is 1.42 bits per heavy atom. The molecule has 1 saturated heterocycles. The van der Waals surface area contributed by atoms with Crippen LogP contribution in [0.25, 0.3) is 0 Å². The molecule has 0 bridgehead atoms. The molecule has 4 amide bonds. The minimum absolute atomic E-state index is 0.140. The summed E-state index contributed by atoms with van der Waals surface area (Å²) in [5.74, 6) is -0.633. The first-order valence-corrected chi connectivity index (χ1v) is 4.25. The number of rotatable bonds is 0. The van der Waals surface area contributed by atoms with Gasteiger partial charge in [-0.25, -0.2) is 9.69 Å². The molecular weight excluding hydrogens is 180 g/mol. The van der Waals surface area contributed by atoms with Crippen molar-refractivity contribution in [3.05, 3.63) is 11.1 Å². The second-order valence-corrected chi connectivity index (χ2v) is 3.16. The van der Waals surface area contributed by atoms with Crippen LogP contribution in [0, 0.1) is 0 Å². The van der Waals surface area contributed by atoms with Crippen molar-refractivity contribution in [3.63, 3.8) is 0 Å². The lowest BCUT2D eigenvalue weighted by Gasteiger charge is -2.15. The normalized spacial score (nSPS) is 22.2. The van der Waals surface area contributed by atoms with Crippen molar-refractivity contribution >= 4 is 29.6 Å². The number of fused-ring (bicyclic) bond motifs is 1. The summed E-state index contributed by atoms with van der Waals surface area (Å²) in [6.45, 7) is 0. The number of amides is 4. The largest absolute Gasteiger partial charge is 0.335 e. The predicted molar refractivity (Wildman–Crippen MR) is 40.9 cm³/mol. The van der Waals surface area contributed by atoms with E-state index in [4.69, 9.17) is 0 Å². The number of imide groups is 2. The Balaban J connectivity index is 2.45. The fourth-order valence-electron chi connectivity index (χ4n) is 1.04. The van der Waals surface area contributed by atoms with Gasteiger partial charge in [0.25, 0.3) is 5.91 Å². The highest BCUT2D eigenvalue weighted by Crippen LogP contribution is 2.23. The summed E-state index contributed by atoms with van der Waals surface area (Å²) in [6, 6.07) is -0.642. The molecule has 0 aromatic rings. The van der Waals surface area contributed by atoms with E-state index in [-0.39, 0.29) is 17.4 Å². The molecular formula is C6H4N2O3S. The standard InChI is InChI=1S/C6H4N2O3S/c9-4-2-12-1-3-5(10)7-6(11)8(3)4/h1H,2H2,(H,7,10,11). The van der Waals surface area contributed by atoms with Crippen molar-refractivity contribution in [1.29, 1.82) is 0 Å². The third kappa shape index (κ3) is 0.845. The lowest BCUT2D eigenvalue weighted by molar-refractivity contribution is -0.125. The number of carbonyl (C=O) groups excluding carboxylic acids is 3. The SMILES string of the molecule is O=C1NC(=O)N2C(=O)CSC=C12. The van der Waals surface area contributed by atoms with Gasteiger partial charge in [-0.3, -0.25) is 14.9 Å². The summed E-state index contributed by atoms with van der Waals surface area (Å²) >= 11 is 1.22. The Labute approximate surface area is 71.8 Å². The molecule has 2 aliphatic heterocycles. The zero-order valence-corrected chi connectivity index (χ0v) is 6.68. The van der Waals surface area contributed by atoms with Gasteiger partial charge in [-0.05, 0) is 0 Å². The monoisotopic (exact) mass is 184 g/mol. The van der Waals surface area contributed by atoms with E-state index in [1.807, 2.05) is 5.32 Å². The van der Waals surface area contributed by atoms with E-state index in [2.05, 4.69) is 0 Å². The van der Waals surface area contributed by atoms with Gasteiger partial charge in [0.15, 0.2) is 0 Å². The third-order valence-electron chi connectivity index (χ3n) is 1.55. The third-order valence-corrected chi connectivity index (χ3v) is 2.35. The topological polar surface area (TPSA) is 66.5 Å². The summed E-state index contributed by atoms with van der Waals surface area (Å²) < 4.78 is 0. The van der Waals surface area contributed by atoms with Crippen molar-refractivity contribution in [2.45, 2.75) is 0 Å². The molecule has 12 heavy (non-hydrogen) atoms. The van der Waals surface area contributed by atoms with Crippen LogP contribution in [0.2, 0.25) is 0 Å². The molecule has 6 heteroatoms. The minimum Gasteiger partial charge on any atom is -0.273 e. The van der Waals surface area contributed by atoms with E-state index in [0.717, 1.165) is 4.90 Å². The molecule has 2 aliphatic rings. The van der Waals surface area contributed by atoms with Crippen LogP contribution in [0.3, 0.4) is 0 Å². The van der Waals surface area contributed by atoms with E-state index >= 15 is 0 Å². The fraction of sp³-hybridized carbons (Fsp3) is 0.167. The van der Waals surface area contributed by atoms with Crippen LogP contribution in [-0.4, -0.2) is 28.5 Å². The van der Waals surface area contributed by atoms with Gasteiger partial charge < -0.3 is 0 Å². The van der Waals surface area contributed by atoms with Crippen molar-refractivity contribution in [2.75, 3.05) is 5.75 Å². The molecule has 0 aromatic carbocycles. The van der Waals surface area contributed by atoms with Crippen molar-refractivity contribution in [1.82, 2.24) is 10.2 Å². The fourth-order valence-corrected chi connectivity index (χ4v) is 1.76. The average molecular weight is 184 g/mol. The van der Waals surface area contributed by atoms with E-state index in [1.165, 1.54) is 17.2 Å². The van der Waals surface area contributed by atoms with Crippen molar-refractivity contribution < 1.29 is 14.4 Å². The number of hydrogen-bond acceptors (Lipinski definition) is 4. The number of thioether (sulfide) groups is 1. The van der Waals surface area contributed by atoms with Gasteiger partial charge in [-0.15, -0.1) is 11.8 Å². The lowest BCUT2D eigenvalue weighted by Crippen LogP contribution is -2.35. The molecule has 1 N–H and O–H groups in total. The average Bonchev–Trinajstić information content (AvgIpc) is 2.29. The number of urea groups is 1. The summed E-state index contributed by atoms with van der Waals surface area (Å²) in [6.07, 6.45) is 0. The van der Waals surface area contributed by atoms with Crippen LogP contribution < -0.4 is 5.32 Å². The zero-order valence-electron chi connectivity index (χ0n) is 5.86. The summed E-state index contributed by atoms with van der Waals surface area (Å²) in [5, 5.41) is 3.55. The minimum atomic E-state index is -0.642. The van der Waals surface area contributed by atoms with E-state index in [9.17, 15) is 14.4 Å². The number of nitrogens with one attached hydrogen (secondary N) is 1. The Kier molecular flexibility index (Phi) is 1.44. The molecule has 0 saturated carbocycles. The van der Waals surface area contributed by atoms with Gasteiger partial charge in [-0.1, -0.05) is 0 Å². The van der Waals surface area contributed by atoms with Crippen LogP contribution >= 0.6 is 11.8 Å². The first-order valence-electron chi connectivity index (χ1n) is 3.20. The van der Waals surface area contributed by atoms with Gasteiger partial charge in [0.1, 0.15) is 5.70 Å². The molecule has 0 radical (unpaired) electrons. The number of nitrogens with zero attached hydrogens (tertiary/aromatic N) is 1. The Morgan fingerprint density at radius 2 is 2.17 bits per heavy atom. The zero-order chi connectivity index (χ0) is 8.72. The van der Waals surface area contributed by atoms with Gasteiger partial charge in [0.05, 0.1) is 5.75 Å². The molecule has 0 aromatic heterocycles. The summed E-state index contributed by atoms with van der Waals surface area (Å²) in [5.41, 5.74) is 0.140. The predicted octanol–water partition coefficient (Wildman–Crippen LogP) is -0.347. The molecule has 0 aliphatic carbocycles. The molecule has 0 unspecified atom stereocenters. The highest BCUT2D eigenvalue weighted by molar-refractivity contribution is 8.02. The highest BCUT2D eigenvalue weighted by atomic mass is 32.2. The lowest BCUT2D eigenvalue weighted by atomic mass is 10.4. The van der Waals surface area contributed by atoms with Crippen LogP contribution in [0.15, 0.2) is 11.1 Å². The molecule has 5 nitrogen and oxygen atoms in total. The first kappa shape index (κ1) is 7.35. The number of carbonyl (C=O) groups is 3. The van der Waals surface area contributed by atoms with Gasteiger partial charge in [0, 0.05) is 5.41 Å². The maximum Gasteiger partial charge on any atom is 0.335 e. The van der Waals surface area contributed by atoms with Crippen LogP contribution in [0.4, 0.5) is 4.79 Å². The first-order chi connectivity index (χ1) is 5.70. The van der Waals surface area contributed by atoms with Crippen LogP contribution in [0.1, 0.15) is 0 Å². The summed E-state index contributed by atoms with van der Waals surface area (Å²) in [4.78, 5) is 33.9. The van der Waals surface area contributed by atoms with Crippen LogP contribution in [0.5, 0.6) is 0 Å². The number of hydrogen-bond donors (Lipinski definition) is 1. The van der Waals surface area contributed by atoms with E-state index in [1.54, 1.807) is 0 Å². The Morgan fingerprint density at radius 3 is 2.83 bits per heavy atom. The Hall–Kier alpha value is -1.30. The van der Waals surface area contributed by atoms with Gasteiger partial charge in [-0.2, -0.15) is 0 Å². The second-order valence-electron chi connectivity index (χ2n) is 2.30. The molecule has 62 valence electrons. The quantitative estimate of drug-likeness (QED) is 0.523.